The van der Waals surface area contributed by atoms with Crippen LogP contribution in [-0.4, -0.2) is 37.0 Å². The smallest absolute Gasteiger partial charge is 0.412 e. The first-order valence-corrected chi connectivity index (χ1v) is 4.34. The molecule has 12 heavy (non-hydrogen) atoms. The van der Waals surface area contributed by atoms with Crippen molar-refractivity contribution in [2.45, 2.75) is 26.5 Å². The largest absolute Gasteiger partial charge is 0.447 e. The Balaban J connectivity index is 2.46. The van der Waals surface area contributed by atoms with E-state index in [0.717, 1.165) is 6.42 Å². The van der Waals surface area contributed by atoms with Gasteiger partial charge in [0.15, 0.2) is 0 Å². The Labute approximate surface area is 72.4 Å². The van der Waals surface area contributed by atoms with Gasteiger partial charge in [0.05, 0.1) is 6.54 Å². The average Bonchev–Trinajstić information content (AvgIpc) is 2.47. The maximum absolute atomic E-state index is 11.1. The molecule has 1 fully saturated rings. The van der Waals surface area contributed by atoms with Crippen molar-refractivity contribution < 1.29 is 14.3 Å². The summed E-state index contributed by atoms with van der Waals surface area (Å²) < 4.78 is 10.2. The number of ether oxygens (including phenoxy) is 2. The van der Waals surface area contributed by atoms with E-state index in [9.17, 15) is 4.79 Å². The Hall–Kier alpha value is -0.770. The maximum atomic E-state index is 11.1. The molecule has 1 rings (SSSR count). The van der Waals surface area contributed by atoms with Gasteiger partial charge in [-0.25, -0.2) is 4.79 Å². The molecule has 1 heterocycles. The normalized spacial score (nSPS) is 19.5. The van der Waals surface area contributed by atoms with Crippen LogP contribution >= 0.6 is 0 Å². The van der Waals surface area contributed by atoms with Gasteiger partial charge < -0.3 is 9.47 Å². The molecule has 0 aromatic rings. The summed E-state index contributed by atoms with van der Waals surface area (Å²) in [7, 11) is 0. The van der Waals surface area contributed by atoms with Gasteiger partial charge in [-0.15, -0.1) is 0 Å². The van der Waals surface area contributed by atoms with Crippen molar-refractivity contribution in [2.24, 2.45) is 0 Å². The van der Waals surface area contributed by atoms with Crippen LogP contribution in [0.15, 0.2) is 0 Å². The lowest BCUT2D eigenvalue weighted by Crippen LogP contribution is -2.37. The number of rotatable bonds is 4. The Morgan fingerprint density at radius 1 is 1.67 bits per heavy atom. The highest BCUT2D eigenvalue weighted by atomic mass is 16.6. The molecule has 0 bridgehead atoms. The number of carbonyl (C=O) groups is 1. The van der Waals surface area contributed by atoms with Gasteiger partial charge in [-0.05, 0) is 13.3 Å². The summed E-state index contributed by atoms with van der Waals surface area (Å²) in [6, 6.07) is 0. The van der Waals surface area contributed by atoms with E-state index in [1.54, 1.807) is 4.90 Å². The lowest BCUT2D eigenvalue weighted by Gasteiger charge is -2.23. The van der Waals surface area contributed by atoms with E-state index in [-0.39, 0.29) is 12.3 Å². The molecule has 70 valence electrons. The minimum absolute atomic E-state index is 0.106. The number of cyclic esters (lactones) is 1. The zero-order chi connectivity index (χ0) is 8.97. The van der Waals surface area contributed by atoms with Gasteiger partial charge in [0.25, 0.3) is 0 Å². The molecule has 1 unspecified atom stereocenters. The second kappa shape index (κ2) is 4.30. The van der Waals surface area contributed by atoms with Crippen LogP contribution in [0.1, 0.15) is 20.3 Å². The van der Waals surface area contributed by atoms with E-state index >= 15 is 0 Å². The molecule has 1 aliphatic heterocycles. The number of hydrogen-bond acceptors (Lipinski definition) is 3. The van der Waals surface area contributed by atoms with Crippen LogP contribution < -0.4 is 0 Å². The first-order valence-electron chi connectivity index (χ1n) is 4.34. The van der Waals surface area contributed by atoms with Gasteiger partial charge in [0.1, 0.15) is 12.8 Å². The third-order valence-corrected chi connectivity index (χ3v) is 1.85. The van der Waals surface area contributed by atoms with Crippen molar-refractivity contribution in [1.29, 1.82) is 0 Å². The second-order valence-electron chi connectivity index (χ2n) is 2.63. The van der Waals surface area contributed by atoms with Crippen molar-refractivity contribution in [2.75, 3.05) is 19.8 Å². The Bertz CT molecular complexity index is 160. The summed E-state index contributed by atoms with van der Waals surface area (Å²) in [5.41, 5.74) is 0. The van der Waals surface area contributed by atoms with Gasteiger partial charge >= 0.3 is 6.09 Å². The minimum atomic E-state index is -0.254. The van der Waals surface area contributed by atoms with Crippen molar-refractivity contribution in [3.63, 3.8) is 0 Å². The van der Waals surface area contributed by atoms with E-state index in [4.69, 9.17) is 9.47 Å². The zero-order valence-corrected chi connectivity index (χ0v) is 7.58. The average molecular weight is 173 g/mol. The van der Waals surface area contributed by atoms with Gasteiger partial charge in [0, 0.05) is 6.61 Å². The highest BCUT2D eigenvalue weighted by Crippen LogP contribution is 2.12. The van der Waals surface area contributed by atoms with E-state index < -0.39 is 0 Å². The van der Waals surface area contributed by atoms with Crippen molar-refractivity contribution in [1.82, 2.24) is 4.90 Å². The van der Waals surface area contributed by atoms with Gasteiger partial charge in [-0.2, -0.15) is 0 Å². The molecule has 1 amide bonds. The standard InChI is InChI=1S/C8H15NO3/c1-3-7(11-4-2)9-5-6-12-8(9)10/h7H,3-6H2,1-2H3. The molecule has 0 N–H and O–H groups in total. The van der Waals surface area contributed by atoms with Crippen LogP contribution in [-0.2, 0) is 9.47 Å². The van der Waals surface area contributed by atoms with E-state index in [0.29, 0.717) is 19.8 Å². The quantitative estimate of drug-likeness (QED) is 0.641. The molecular formula is C8H15NO3. The van der Waals surface area contributed by atoms with Crippen LogP contribution in [0.2, 0.25) is 0 Å². The van der Waals surface area contributed by atoms with E-state index in [1.807, 2.05) is 13.8 Å². The molecule has 4 heteroatoms. The first-order chi connectivity index (χ1) is 5.79. The maximum Gasteiger partial charge on any atom is 0.412 e. The molecule has 0 aromatic heterocycles. The number of hydrogen-bond donors (Lipinski definition) is 0. The Kier molecular flexibility index (Phi) is 3.34. The summed E-state index contributed by atoms with van der Waals surface area (Å²) in [4.78, 5) is 12.7. The summed E-state index contributed by atoms with van der Waals surface area (Å²) >= 11 is 0. The van der Waals surface area contributed by atoms with Crippen LogP contribution in [0, 0.1) is 0 Å². The van der Waals surface area contributed by atoms with Crippen LogP contribution in [0.5, 0.6) is 0 Å². The molecule has 0 radical (unpaired) electrons. The predicted molar refractivity (Wildman–Crippen MR) is 43.8 cm³/mol. The highest BCUT2D eigenvalue weighted by Gasteiger charge is 2.28. The fourth-order valence-electron chi connectivity index (χ4n) is 1.29. The summed E-state index contributed by atoms with van der Waals surface area (Å²) in [6.45, 7) is 5.68. The number of carbonyl (C=O) groups excluding carboxylic acids is 1. The summed E-state index contributed by atoms with van der Waals surface area (Å²) in [6.07, 6.45) is 0.448. The third kappa shape index (κ3) is 1.88. The molecule has 0 spiro atoms. The van der Waals surface area contributed by atoms with Crippen LogP contribution in [0.25, 0.3) is 0 Å². The fraction of sp³-hybridized carbons (Fsp3) is 0.875. The van der Waals surface area contributed by atoms with Gasteiger partial charge in [-0.1, -0.05) is 6.92 Å². The highest BCUT2D eigenvalue weighted by molar-refractivity contribution is 5.69. The molecular weight excluding hydrogens is 158 g/mol. The Morgan fingerprint density at radius 2 is 2.42 bits per heavy atom. The minimum Gasteiger partial charge on any atom is -0.447 e. The molecule has 0 aromatic carbocycles. The molecule has 1 saturated heterocycles. The monoisotopic (exact) mass is 173 g/mol. The van der Waals surface area contributed by atoms with Crippen molar-refractivity contribution in [3.8, 4) is 0 Å². The molecule has 4 nitrogen and oxygen atoms in total. The zero-order valence-electron chi connectivity index (χ0n) is 7.58. The molecule has 1 atom stereocenters. The van der Waals surface area contributed by atoms with E-state index in [2.05, 4.69) is 0 Å². The van der Waals surface area contributed by atoms with Crippen molar-refractivity contribution >= 4 is 6.09 Å². The van der Waals surface area contributed by atoms with E-state index in [1.165, 1.54) is 0 Å². The molecule has 0 aliphatic carbocycles. The third-order valence-electron chi connectivity index (χ3n) is 1.85. The first kappa shape index (κ1) is 9.32. The Morgan fingerprint density at radius 3 is 2.83 bits per heavy atom. The SMILES string of the molecule is CCOC(CC)N1CCOC1=O. The predicted octanol–water partition coefficient (Wildman–Crippen LogP) is 1.21. The van der Waals surface area contributed by atoms with Crippen molar-refractivity contribution in [3.05, 3.63) is 0 Å². The molecule has 0 saturated carbocycles. The lowest BCUT2D eigenvalue weighted by atomic mass is 10.4. The van der Waals surface area contributed by atoms with Gasteiger partial charge in [0.2, 0.25) is 0 Å². The fourth-order valence-corrected chi connectivity index (χ4v) is 1.29. The number of amides is 1. The lowest BCUT2D eigenvalue weighted by molar-refractivity contribution is -0.0286. The van der Waals surface area contributed by atoms with Crippen LogP contribution in [0.4, 0.5) is 4.79 Å². The molecule has 1 aliphatic rings. The van der Waals surface area contributed by atoms with Crippen LogP contribution in [0.3, 0.4) is 0 Å². The number of nitrogens with zero attached hydrogens (tertiary/aromatic N) is 1. The van der Waals surface area contributed by atoms with Gasteiger partial charge in [-0.3, -0.25) is 4.90 Å². The topological polar surface area (TPSA) is 38.8 Å². The summed E-state index contributed by atoms with van der Waals surface area (Å²) in [5, 5.41) is 0. The second-order valence-corrected chi connectivity index (χ2v) is 2.63. The summed E-state index contributed by atoms with van der Waals surface area (Å²) in [5.74, 6) is 0.